The van der Waals surface area contributed by atoms with Gasteiger partial charge in [-0.15, -0.1) is 0 Å². The summed E-state index contributed by atoms with van der Waals surface area (Å²) in [6.45, 7) is 1.53. The molecule has 2 nitrogen and oxygen atoms in total. The standard InChI is InChI=1S/C14H10F2O2/c1-8-6-10(7-12(16)13(8)14(17)18)9-2-4-11(15)5-3-9/h2-7H,1H3,(H,17,18). The molecule has 0 bridgehead atoms. The first-order valence-electron chi connectivity index (χ1n) is 5.28. The summed E-state index contributed by atoms with van der Waals surface area (Å²) < 4.78 is 26.5. The molecule has 0 amide bonds. The number of carboxylic acids is 1. The maximum absolute atomic E-state index is 13.7. The number of hydrogen-bond acceptors (Lipinski definition) is 1. The fourth-order valence-electron chi connectivity index (χ4n) is 1.82. The van der Waals surface area contributed by atoms with Crippen molar-refractivity contribution in [2.75, 3.05) is 0 Å². The van der Waals surface area contributed by atoms with Crippen LogP contribution in [0.5, 0.6) is 0 Å². The Labute approximate surface area is 103 Å². The van der Waals surface area contributed by atoms with Crippen molar-refractivity contribution in [2.24, 2.45) is 0 Å². The number of carbonyl (C=O) groups is 1. The van der Waals surface area contributed by atoms with Crippen LogP contribution >= 0.6 is 0 Å². The Morgan fingerprint density at radius 3 is 2.17 bits per heavy atom. The topological polar surface area (TPSA) is 37.3 Å². The van der Waals surface area contributed by atoms with Crippen LogP contribution in [0.1, 0.15) is 15.9 Å². The van der Waals surface area contributed by atoms with Crippen LogP contribution in [-0.4, -0.2) is 11.1 Å². The van der Waals surface area contributed by atoms with Gasteiger partial charge in [0.25, 0.3) is 0 Å². The van der Waals surface area contributed by atoms with Crippen LogP contribution in [-0.2, 0) is 0 Å². The van der Waals surface area contributed by atoms with Gasteiger partial charge in [-0.2, -0.15) is 0 Å². The van der Waals surface area contributed by atoms with Crippen LogP contribution in [0.2, 0.25) is 0 Å². The molecule has 0 atom stereocenters. The molecule has 0 aliphatic carbocycles. The largest absolute Gasteiger partial charge is 0.478 e. The van der Waals surface area contributed by atoms with E-state index in [0.717, 1.165) is 6.07 Å². The van der Waals surface area contributed by atoms with E-state index in [9.17, 15) is 13.6 Å². The highest BCUT2D eigenvalue weighted by Crippen LogP contribution is 2.25. The minimum absolute atomic E-state index is 0.333. The fourth-order valence-corrected chi connectivity index (χ4v) is 1.82. The number of aromatic carboxylic acids is 1. The van der Waals surface area contributed by atoms with Crippen LogP contribution in [0.15, 0.2) is 36.4 Å². The van der Waals surface area contributed by atoms with Gasteiger partial charge in [-0.05, 0) is 41.8 Å². The molecule has 0 heterocycles. The summed E-state index contributed by atoms with van der Waals surface area (Å²) in [6, 6.07) is 8.29. The maximum atomic E-state index is 13.7. The van der Waals surface area contributed by atoms with E-state index in [2.05, 4.69) is 0 Å². The molecule has 0 radical (unpaired) electrons. The number of benzene rings is 2. The number of aryl methyl sites for hydroxylation is 1. The lowest BCUT2D eigenvalue weighted by atomic mass is 9.99. The van der Waals surface area contributed by atoms with Gasteiger partial charge in [0.2, 0.25) is 0 Å². The minimum atomic E-state index is -1.30. The van der Waals surface area contributed by atoms with E-state index in [1.54, 1.807) is 6.07 Å². The molecule has 0 fully saturated rings. The normalized spacial score (nSPS) is 10.4. The molecule has 2 aromatic carbocycles. The number of hydrogen-bond donors (Lipinski definition) is 1. The van der Waals surface area contributed by atoms with E-state index in [0.29, 0.717) is 16.7 Å². The Morgan fingerprint density at radius 1 is 1.06 bits per heavy atom. The first-order chi connectivity index (χ1) is 8.49. The quantitative estimate of drug-likeness (QED) is 0.880. The van der Waals surface area contributed by atoms with Crippen molar-refractivity contribution in [3.8, 4) is 11.1 Å². The first-order valence-corrected chi connectivity index (χ1v) is 5.28. The van der Waals surface area contributed by atoms with Gasteiger partial charge < -0.3 is 5.11 Å². The second kappa shape index (κ2) is 4.56. The van der Waals surface area contributed by atoms with Crippen molar-refractivity contribution in [1.82, 2.24) is 0 Å². The lowest BCUT2D eigenvalue weighted by Crippen LogP contribution is -2.04. The maximum Gasteiger partial charge on any atom is 0.338 e. The lowest BCUT2D eigenvalue weighted by molar-refractivity contribution is 0.0691. The lowest BCUT2D eigenvalue weighted by Gasteiger charge is -2.07. The summed E-state index contributed by atoms with van der Waals surface area (Å²) in [4.78, 5) is 10.8. The van der Waals surface area contributed by atoms with Crippen LogP contribution in [0, 0.1) is 18.6 Å². The third kappa shape index (κ3) is 2.22. The number of carboxylic acid groups (broad SMARTS) is 1. The molecule has 0 aliphatic heterocycles. The van der Waals surface area contributed by atoms with Crippen molar-refractivity contribution in [3.05, 3.63) is 59.2 Å². The third-order valence-electron chi connectivity index (χ3n) is 2.68. The molecule has 0 spiro atoms. The van der Waals surface area contributed by atoms with E-state index >= 15 is 0 Å². The average Bonchev–Trinajstić information content (AvgIpc) is 2.28. The third-order valence-corrected chi connectivity index (χ3v) is 2.68. The van der Waals surface area contributed by atoms with Crippen molar-refractivity contribution in [2.45, 2.75) is 6.92 Å². The van der Waals surface area contributed by atoms with Gasteiger partial charge >= 0.3 is 5.97 Å². The Kier molecular flexibility index (Phi) is 3.10. The zero-order chi connectivity index (χ0) is 13.3. The summed E-state index contributed by atoms with van der Waals surface area (Å²) in [5.41, 5.74) is 1.16. The number of rotatable bonds is 2. The van der Waals surface area contributed by atoms with Crippen LogP contribution in [0.3, 0.4) is 0 Å². The van der Waals surface area contributed by atoms with Crippen molar-refractivity contribution in [3.63, 3.8) is 0 Å². The molecular weight excluding hydrogens is 238 g/mol. The summed E-state index contributed by atoms with van der Waals surface area (Å²) in [5, 5.41) is 8.85. The van der Waals surface area contributed by atoms with Gasteiger partial charge in [-0.3, -0.25) is 0 Å². The van der Waals surface area contributed by atoms with Gasteiger partial charge in [0.1, 0.15) is 11.6 Å². The van der Waals surface area contributed by atoms with E-state index in [1.165, 1.54) is 31.2 Å². The summed E-state index contributed by atoms with van der Waals surface area (Å²) in [6.07, 6.45) is 0. The highest BCUT2D eigenvalue weighted by molar-refractivity contribution is 5.90. The molecule has 0 saturated heterocycles. The van der Waals surface area contributed by atoms with E-state index in [-0.39, 0.29) is 11.4 Å². The molecule has 0 aromatic heterocycles. The molecule has 0 unspecified atom stereocenters. The Bertz CT molecular complexity index is 581. The van der Waals surface area contributed by atoms with Crippen LogP contribution < -0.4 is 0 Å². The predicted molar refractivity (Wildman–Crippen MR) is 63.5 cm³/mol. The zero-order valence-electron chi connectivity index (χ0n) is 9.58. The summed E-state index contributed by atoms with van der Waals surface area (Å²) >= 11 is 0. The van der Waals surface area contributed by atoms with Crippen molar-refractivity contribution in [1.29, 1.82) is 0 Å². The number of halogens is 2. The Morgan fingerprint density at radius 2 is 1.67 bits per heavy atom. The van der Waals surface area contributed by atoms with Crippen LogP contribution in [0.4, 0.5) is 8.78 Å². The second-order valence-electron chi connectivity index (χ2n) is 3.96. The molecule has 2 rings (SSSR count). The Balaban J connectivity index is 2.54. The van der Waals surface area contributed by atoms with E-state index < -0.39 is 11.8 Å². The zero-order valence-corrected chi connectivity index (χ0v) is 9.58. The van der Waals surface area contributed by atoms with E-state index in [4.69, 9.17) is 5.11 Å². The molecule has 0 saturated carbocycles. The van der Waals surface area contributed by atoms with Gasteiger partial charge in [0.15, 0.2) is 0 Å². The van der Waals surface area contributed by atoms with Crippen LogP contribution in [0.25, 0.3) is 11.1 Å². The Hall–Kier alpha value is -2.23. The molecule has 92 valence electrons. The van der Waals surface area contributed by atoms with Crippen molar-refractivity contribution < 1.29 is 18.7 Å². The molecule has 4 heteroatoms. The highest BCUT2D eigenvalue weighted by atomic mass is 19.1. The van der Waals surface area contributed by atoms with Gasteiger partial charge in [-0.1, -0.05) is 18.2 Å². The smallest absolute Gasteiger partial charge is 0.338 e. The molecular formula is C14H10F2O2. The van der Waals surface area contributed by atoms with Gasteiger partial charge in [-0.25, -0.2) is 13.6 Å². The SMILES string of the molecule is Cc1cc(-c2ccc(F)cc2)cc(F)c1C(=O)O. The first kappa shape index (κ1) is 12.2. The molecule has 18 heavy (non-hydrogen) atoms. The van der Waals surface area contributed by atoms with Gasteiger partial charge in [0.05, 0.1) is 5.56 Å². The van der Waals surface area contributed by atoms with E-state index in [1.807, 2.05) is 0 Å². The molecule has 1 N–H and O–H groups in total. The monoisotopic (exact) mass is 248 g/mol. The van der Waals surface area contributed by atoms with Gasteiger partial charge in [0, 0.05) is 0 Å². The fraction of sp³-hybridized carbons (Fsp3) is 0.0714. The second-order valence-corrected chi connectivity index (χ2v) is 3.96. The molecule has 2 aromatic rings. The highest BCUT2D eigenvalue weighted by Gasteiger charge is 2.15. The minimum Gasteiger partial charge on any atom is -0.478 e. The summed E-state index contributed by atoms with van der Waals surface area (Å²) in [5.74, 6) is -2.46. The average molecular weight is 248 g/mol. The summed E-state index contributed by atoms with van der Waals surface area (Å²) in [7, 11) is 0. The molecule has 0 aliphatic rings. The predicted octanol–water partition coefficient (Wildman–Crippen LogP) is 3.64. The van der Waals surface area contributed by atoms with Crippen molar-refractivity contribution >= 4 is 5.97 Å².